The van der Waals surface area contributed by atoms with E-state index in [1.807, 2.05) is 0 Å². The summed E-state index contributed by atoms with van der Waals surface area (Å²) in [6, 6.07) is 0. The van der Waals surface area contributed by atoms with Gasteiger partial charge in [-0.25, -0.2) is 0 Å². The lowest BCUT2D eigenvalue weighted by atomic mass is 10.0. The quantitative estimate of drug-likeness (QED) is 0.697. The summed E-state index contributed by atoms with van der Waals surface area (Å²) in [6.45, 7) is 0. The Bertz CT molecular complexity index is 313. The molecule has 0 radical (unpaired) electrons. The monoisotopic (exact) mass is 198 g/mol. The number of hydrogen-bond donors (Lipinski definition) is 0. The van der Waals surface area contributed by atoms with Gasteiger partial charge in [0.05, 0.1) is 0 Å². The van der Waals surface area contributed by atoms with Gasteiger partial charge in [-0.3, -0.25) is 0 Å². The molecule has 1 aromatic heterocycles. The fourth-order valence-electron chi connectivity index (χ4n) is 2.71. The van der Waals surface area contributed by atoms with Gasteiger partial charge in [-0.15, -0.1) is 0 Å². The Morgan fingerprint density at radius 1 is 1.23 bits per heavy atom. The van der Waals surface area contributed by atoms with E-state index in [4.69, 9.17) is 16.1 Å². The molecular formula is C9H11ClN2O. The van der Waals surface area contributed by atoms with Gasteiger partial charge >= 0.3 is 0 Å². The molecule has 2 aliphatic carbocycles. The van der Waals surface area contributed by atoms with Crippen LogP contribution in [-0.4, -0.2) is 10.1 Å². The largest absolute Gasteiger partial charge is 0.338 e. The van der Waals surface area contributed by atoms with E-state index in [2.05, 4.69) is 10.1 Å². The van der Waals surface area contributed by atoms with Crippen LogP contribution in [0.2, 0.25) is 5.28 Å². The van der Waals surface area contributed by atoms with Gasteiger partial charge in [0.2, 0.25) is 5.89 Å². The molecule has 0 saturated heterocycles. The molecule has 4 heteroatoms. The van der Waals surface area contributed by atoms with Crippen LogP contribution in [0.5, 0.6) is 0 Å². The molecule has 0 aromatic carbocycles. The van der Waals surface area contributed by atoms with Crippen LogP contribution in [0.4, 0.5) is 0 Å². The summed E-state index contributed by atoms with van der Waals surface area (Å²) >= 11 is 5.61. The van der Waals surface area contributed by atoms with Gasteiger partial charge in [0.15, 0.2) is 0 Å². The van der Waals surface area contributed by atoms with Crippen LogP contribution < -0.4 is 0 Å². The Hall–Kier alpha value is -0.570. The molecule has 0 amide bonds. The molecule has 3 rings (SSSR count). The molecule has 0 spiro atoms. The van der Waals surface area contributed by atoms with E-state index in [0.717, 1.165) is 17.7 Å². The third-order valence-corrected chi connectivity index (χ3v) is 3.51. The van der Waals surface area contributed by atoms with Gasteiger partial charge in [0.25, 0.3) is 5.28 Å². The molecule has 70 valence electrons. The molecule has 1 aromatic rings. The number of fused-ring (bicyclic) bond motifs is 1. The molecule has 0 aliphatic heterocycles. The highest BCUT2D eigenvalue weighted by molar-refractivity contribution is 6.28. The Labute approximate surface area is 81.5 Å². The van der Waals surface area contributed by atoms with E-state index in [1.54, 1.807) is 0 Å². The molecule has 2 saturated carbocycles. The summed E-state index contributed by atoms with van der Waals surface area (Å²) in [5, 5.41) is 3.86. The first-order chi connectivity index (χ1) is 6.36. The van der Waals surface area contributed by atoms with Crippen molar-refractivity contribution in [3.05, 3.63) is 11.2 Å². The highest BCUT2D eigenvalue weighted by Gasteiger charge is 2.54. The lowest BCUT2D eigenvalue weighted by Crippen LogP contribution is -1.91. The van der Waals surface area contributed by atoms with Gasteiger partial charge in [0, 0.05) is 5.92 Å². The van der Waals surface area contributed by atoms with E-state index in [0.29, 0.717) is 5.92 Å². The fourth-order valence-corrected chi connectivity index (χ4v) is 2.83. The van der Waals surface area contributed by atoms with Crippen LogP contribution in [0.3, 0.4) is 0 Å². The number of aromatic nitrogens is 2. The van der Waals surface area contributed by atoms with Crippen LogP contribution in [-0.2, 0) is 0 Å². The van der Waals surface area contributed by atoms with E-state index < -0.39 is 0 Å². The second-order valence-electron chi connectivity index (χ2n) is 4.04. The smallest absolute Gasteiger partial charge is 0.263 e. The fraction of sp³-hybridized carbons (Fsp3) is 0.778. The number of nitrogens with zero attached hydrogens (tertiary/aromatic N) is 2. The van der Waals surface area contributed by atoms with E-state index in [-0.39, 0.29) is 5.28 Å². The summed E-state index contributed by atoms with van der Waals surface area (Å²) < 4.78 is 5.09. The Balaban J connectivity index is 1.81. The second kappa shape index (κ2) is 2.71. The highest BCUT2D eigenvalue weighted by Crippen LogP contribution is 2.60. The third-order valence-electron chi connectivity index (χ3n) is 3.36. The minimum Gasteiger partial charge on any atom is -0.338 e. The zero-order valence-electron chi connectivity index (χ0n) is 7.24. The van der Waals surface area contributed by atoms with Crippen molar-refractivity contribution in [1.82, 2.24) is 10.1 Å². The first-order valence-electron chi connectivity index (χ1n) is 4.85. The SMILES string of the molecule is Clc1noc(C2C3CCCCC32)n1. The summed E-state index contributed by atoms with van der Waals surface area (Å²) in [6.07, 6.45) is 5.38. The van der Waals surface area contributed by atoms with E-state index in [1.165, 1.54) is 25.7 Å². The van der Waals surface area contributed by atoms with Crippen molar-refractivity contribution in [3.63, 3.8) is 0 Å². The van der Waals surface area contributed by atoms with Crippen molar-refractivity contribution in [1.29, 1.82) is 0 Å². The van der Waals surface area contributed by atoms with Crippen molar-refractivity contribution in [2.75, 3.05) is 0 Å². The minimum absolute atomic E-state index is 0.249. The van der Waals surface area contributed by atoms with Crippen LogP contribution in [0, 0.1) is 11.8 Å². The van der Waals surface area contributed by atoms with E-state index >= 15 is 0 Å². The minimum atomic E-state index is 0.249. The van der Waals surface area contributed by atoms with Crippen LogP contribution >= 0.6 is 11.6 Å². The van der Waals surface area contributed by atoms with Gasteiger partial charge in [-0.1, -0.05) is 12.8 Å². The number of halogens is 1. The second-order valence-corrected chi connectivity index (χ2v) is 4.38. The maximum absolute atomic E-state index is 5.61. The number of hydrogen-bond acceptors (Lipinski definition) is 3. The maximum Gasteiger partial charge on any atom is 0.263 e. The van der Waals surface area contributed by atoms with Crippen LogP contribution in [0.1, 0.15) is 37.5 Å². The van der Waals surface area contributed by atoms with Crippen molar-refractivity contribution >= 4 is 11.6 Å². The van der Waals surface area contributed by atoms with Gasteiger partial charge in [-0.05, 0) is 41.4 Å². The molecule has 2 unspecified atom stereocenters. The molecule has 13 heavy (non-hydrogen) atoms. The maximum atomic E-state index is 5.61. The molecule has 0 N–H and O–H groups in total. The Kier molecular flexibility index (Phi) is 1.62. The molecular weight excluding hydrogens is 188 g/mol. The van der Waals surface area contributed by atoms with Gasteiger partial charge in [0.1, 0.15) is 0 Å². The lowest BCUT2D eigenvalue weighted by molar-refractivity contribution is 0.372. The predicted molar refractivity (Wildman–Crippen MR) is 47.5 cm³/mol. The van der Waals surface area contributed by atoms with E-state index in [9.17, 15) is 0 Å². The van der Waals surface area contributed by atoms with Gasteiger partial charge in [-0.2, -0.15) is 4.98 Å². The van der Waals surface area contributed by atoms with Crippen molar-refractivity contribution in [2.45, 2.75) is 31.6 Å². The molecule has 1 heterocycles. The summed E-state index contributed by atoms with van der Waals surface area (Å²) in [4.78, 5) is 4.08. The zero-order valence-corrected chi connectivity index (χ0v) is 8.00. The molecule has 2 fully saturated rings. The molecule has 2 aliphatic rings. The third kappa shape index (κ3) is 1.17. The normalized spacial score (nSPS) is 37.2. The van der Waals surface area contributed by atoms with Crippen LogP contribution in [0.25, 0.3) is 0 Å². The van der Waals surface area contributed by atoms with Crippen molar-refractivity contribution in [3.8, 4) is 0 Å². The topological polar surface area (TPSA) is 38.9 Å². The molecule has 0 bridgehead atoms. The van der Waals surface area contributed by atoms with Crippen molar-refractivity contribution < 1.29 is 4.52 Å². The summed E-state index contributed by atoms with van der Waals surface area (Å²) in [7, 11) is 0. The Morgan fingerprint density at radius 2 is 1.92 bits per heavy atom. The van der Waals surface area contributed by atoms with Crippen molar-refractivity contribution in [2.24, 2.45) is 11.8 Å². The average molecular weight is 199 g/mol. The first-order valence-corrected chi connectivity index (χ1v) is 5.23. The Morgan fingerprint density at radius 3 is 2.46 bits per heavy atom. The van der Waals surface area contributed by atoms with Crippen LogP contribution in [0.15, 0.2) is 4.52 Å². The standard InChI is InChI=1S/C9H11ClN2O/c10-9-11-8(13-12-9)7-5-3-1-2-4-6(5)7/h5-7H,1-4H2. The average Bonchev–Trinajstić information content (AvgIpc) is 2.73. The lowest BCUT2D eigenvalue weighted by Gasteiger charge is -2.04. The first kappa shape index (κ1) is 7.80. The molecule has 3 nitrogen and oxygen atoms in total. The zero-order chi connectivity index (χ0) is 8.84. The van der Waals surface area contributed by atoms with Gasteiger partial charge < -0.3 is 4.52 Å². The highest BCUT2D eigenvalue weighted by atomic mass is 35.5. The number of rotatable bonds is 1. The predicted octanol–water partition coefficient (Wildman–Crippen LogP) is 2.63. The summed E-state index contributed by atoms with van der Waals surface area (Å²) in [5.74, 6) is 2.92. The molecule has 2 atom stereocenters. The summed E-state index contributed by atoms with van der Waals surface area (Å²) in [5.41, 5.74) is 0.